The largest absolute Gasteiger partial charge is 0.399 e. The first kappa shape index (κ1) is 8.04. The number of hydrogen-bond acceptors (Lipinski definition) is 4. The molecule has 0 aliphatic carbocycles. The van der Waals surface area contributed by atoms with Crippen LogP contribution >= 0.6 is 0 Å². The van der Waals surface area contributed by atoms with Gasteiger partial charge in [-0.1, -0.05) is 10.3 Å². The third-order valence-corrected chi connectivity index (χ3v) is 1.51. The van der Waals surface area contributed by atoms with Crippen molar-refractivity contribution in [2.45, 2.75) is 26.4 Å². The van der Waals surface area contributed by atoms with E-state index in [9.17, 15) is 0 Å². The van der Waals surface area contributed by atoms with Crippen molar-refractivity contribution in [2.75, 3.05) is 7.11 Å². The van der Waals surface area contributed by atoms with Crippen molar-refractivity contribution < 1.29 is 9.68 Å². The molecule has 0 fully saturated rings. The van der Waals surface area contributed by atoms with Crippen LogP contribution < -0.4 is 0 Å². The van der Waals surface area contributed by atoms with Crippen LogP contribution in [-0.2, 0) is 9.68 Å². The van der Waals surface area contributed by atoms with Crippen LogP contribution in [0, 0.1) is 0 Å². The molecule has 0 N–H and O–H groups in total. The first-order chi connectivity index (χ1) is 5.08. The maximum absolute atomic E-state index is 5.09. The molecule has 0 bridgehead atoms. The molecule has 0 aromatic carbocycles. The molecule has 4 heteroatoms. The highest BCUT2D eigenvalue weighted by Gasteiger charge is 2.35. The summed E-state index contributed by atoms with van der Waals surface area (Å²) in [5, 5.41) is 7.61. The summed E-state index contributed by atoms with van der Waals surface area (Å²) in [5.41, 5.74) is 1.08. The minimum atomic E-state index is -0.444. The van der Waals surface area contributed by atoms with Gasteiger partial charge in [0.1, 0.15) is 18.5 Å². The Hall–Kier alpha value is -1.06. The number of nitrogens with zero attached hydrogens (tertiary/aromatic N) is 2. The van der Waals surface area contributed by atoms with E-state index in [4.69, 9.17) is 4.84 Å². The van der Waals surface area contributed by atoms with Crippen molar-refractivity contribution in [1.82, 2.24) is 0 Å². The Kier molecular flexibility index (Phi) is 1.85. The molecule has 0 amide bonds. The fourth-order valence-corrected chi connectivity index (χ4v) is 0.972. The minimum Gasteiger partial charge on any atom is -0.399 e. The van der Waals surface area contributed by atoms with Gasteiger partial charge in [0.15, 0.2) is 5.60 Å². The third kappa shape index (κ3) is 1.34. The van der Waals surface area contributed by atoms with Crippen LogP contribution in [0.4, 0.5) is 0 Å². The van der Waals surface area contributed by atoms with Crippen LogP contribution in [0.3, 0.4) is 0 Å². The number of rotatable bonds is 1. The zero-order chi connectivity index (χ0) is 8.48. The van der Waals surface area contributed by atoms with E-state index in [1.54, 1.807) is 0 Å². The molecule has 11 heavy (non-hydrogen) atoms. The van der Waals surface area contributed by atoms with Gasteiger partial charge in [0.25, 0.3) is 0 Å². The van der Waals surface area contributed by atoms with Gasteiger partial charge in [-0.05, 0) is 20.8 Å². The highest BCUT2D eigenvalue weighted by Crippen LogP contribution is 2.20. The van der Waals surface area contributed by atoms with Crippen molar-refractivity contribution in [3.63, 3.8) is 0 Å². The highest BCUT2D eigenvalue weighted by atomic mass is 16.7. The van der Waals surface area contributed by atoms with Crippen molar-refractivity contribution in [3.8, 4) is 0 Å². The van der Waals surface area contributed by atoms with Crippen LogP contribution in [0.2, 0.25) is 0 Å². The van der Waals surface area contributed by atoms with Crippen LogP contribution in [0.1, 0.15) is 20.8 Å². The van der Waals surface area contributed by atoms with E-state index >= 15 is 0 Å². The van der Waals surface area contributed by atoms with Gasteiger partial charge >= 0.3 is 0 Å². The van der Waals surface area contributed by atoms with E-state index in [1.165, 1.54) is 7.11 Å². The Bertz CT molecular complexity index is 218. The normalized spacial score (nSPS) is 24.7. The van der Waals surface area contributed by atoms with Gasteiger partial charge < -0.3 is 9.68 Å². The van der Waals surface area contributed by atoms with Crippen LogP contribution in [0.5, 0.6) is 0 Å². The molecular formula is C7H12N2O2. The fourth-order valence-electron chi connectivity index (χ4n) is 0.972. The topological polar surface area (TPSA) is 43.2 Å². The Balaban J connectivity index is 2.90. The molecule has 0 unspecified atom stereocenters. The molecule has 62 valence electrons. The molecule has 0 spiro atoms. The second kappa shape index (κ2) is 2.53. The summed E-state index contributed by atoms with van der Waals surface area (Å²) < 4.78 is 0. The summed E-state index contributed by atoms with van der Waals surface area (Å²) in [6.07, 6.45) is 0. The lowest BCUT2D eigenvalue weighted by molar-refractivity contribution is 0.0496. The van der Waals surface area contributed by atoms with Gasteiger partial charge in [0.05, 0.1) is 0 Å². The van der Waals surface area contributed by atoms with Crippen LogP contribution in [0.25, 0.3) is 0 Å². The standard InChI is InChI=1S/C7H12N2O2/c1-5-6(9-10-4)7(2,3)11-8-5/h1-4H3/b9-6-. The summed E-state index contributed by atoms with van der Waals surface area (Å²) >= 11 is 0. The van der Waals surface area contributed by atoms with E-state index < -0.39 is 5.60 Å². The van der Waals surface area contributed by atoms with E-state index in [0.29, 0.717) is 0 Å². The Labute approximate surface area is 65.8 Å². The van der Waals surface area contributed by atoms with E-state index in [-0.39, 0.29) is 0 Å². The van der Waals surface area contributed by atoms with Gasteiger partial charge in [-0.25, -0.2) is 0 Å². The van der Waals surface area contributed by atoms with Crippen LogP contribution in [0.15, 0.2) is 10.3 Å². The quantitative estimate of drug-likeness (QED) is 0.535. The Morgan fingerprint density at radius 2 is 2.18 bits per heavy atom. The molecule has 4 nitrogen and oxygen atoms in total. The lowest BCUT2D eigenvalue weighted by Gasteiger charge is -2.14. The molecule has 1 rings (SSSR count). The molecular weight excluding hydrogens is 144 g/mol. The summed E-state index contributed by atoms with van der Waals surface area (Å²) in [6, 6.07) is 0. The first-order valence-electron chi connectivity index (χ1n) is 3.42. The van der Waals surface area contributed by atoms with Crippen LogP contribution in [-0.4, -0.2) is 24.1 Å². The summed E-state index contributed by atoms with van der Waals surface area (Å²) in [5.74, 6) is 0. The smallest absolute Gasteiger partial charge is 0.179 e. The maximum Gasteiger partial charge on any atom is 0.179 e. The zero-order valence-electron chi connectivity index (χ0n) is 7.21. The molecule has 0 aromatic rings. The predicted octanol–water partition coefficient (Wildman–Crippen LogP) is 1.17. The molecule has 1 aliphatic heterocycles. The van der Waals surface area contributed by atoms with Crippen molar-refractivity contribution in [3.05, 3.63) is 0 Å². The monoisotopic (exact) mass is 156 g/mol. The Morgan fingerprint density at radius 3 is 2.55 bits per heavy atom. The highest BCUT2D eigenvalue weighted by molar-refractivity contribution is 6.45. The van der Waals surface area contributed by atoms with E-state index in [2.05, 4.69) is 15.1 Å². The second-order valence-electron chi connectivity index (χ2n) is 2.90. The SMILES string of the molecule is CO/N=C1/C(C)=NOC1(C)C. The lowest BCUT2D eigenvalue weighted by Crippen LogP contribution is -2.32. The maximum atomic E-state index is 5.09. The van der Waals surface area contributed by atoms with Gasteiger partial charge in [0, 0.05) is 0 Å². The lowest BCUT2D eigenvalue weighted by atomic mass is 10.0. The first-order valence-corrected chi connectivity index (χ1v) is 3.42. The average Bonchev–Trinajstić information content (AvgIpc) is 2.16. The fraction of sp³-hybridized carbons (Fsp3) is 0.714. The molecule has 0 saturated heterocycles. The van der Waals surface area contributed by atoms with Crippen molar-refractivity contribution in [2.24, 2.45) is 10.3 Å². The average molecular weight is 156 g/mol. The molecule has 0 atom stereocenters. The summed E-state index contributed by atoms with van der Waals surface area (Å²) in [6.45, 7) is 5.63. The van der Waals surface area contributed by atoms with Gasteiger partial charge in [-0.2, -0.15) is 0 Å². The van der Waals surface area contributed by atoms with E-state index in [0.717, 1.165) is 11.4 Å². The van der Waals surface area contributed by atoms with Crippen molar-refractivity contribution >= 4 is 11.4 Å². The number of hydrogen-bond donors (Lipinski definition) is 0. The van der Waals surface area contributed by atoms with Gasteiger partial charge in [-0.3, -0.25) is 0 Å². The third-order valence-electron chi connectivity index (χ3n) is 1.51. The second-order valence-corrected chi connectivity index (χ2v) is 2.90. The molecule has 1 heterocycles. The van der Waals surface area contributed by atoms with Gasteiger partial charge in [-0.15, -0.1) is 0 Å². The van der Waals surface area contributed by atoms with E-state index in [1.807, 2.05) is 20.8 Å². The Morgan fingerprint density at radius 1 is 1.55 bits per heavy atom. The summed E-state index contributed by atoms with van der Waals surface area (Å²) in [4.78, 5) is 9.75. The zero-order valence-corrected chi connectivity index (χ0v) is 7.21. The number of oxime groups is 2. The molecule has 1 aliphatic rings. The molecule has 0 saturated carbocycles. The molecule has 0 aromatic heterocycles. The minimum absolute atomic E-state index is 0.444. The van der Waals surface area contributed by atoms with Crippen molar-refractivity contribution in [1.29, 1.82) is 0 Å². The summed E-state index contributed by atoms with van der Waals surface area (Å²) in [7, 11) is 1.51. The van der Waals surface area contributed by atoms with Gasteiger partial charge in [0.2, 0.25) is 0 Å². The molecule has 0 radical (unpaired) electrons. The predicted molar refractivity (Wildman–Crippen MR) is 42.7 cm³/mol.